The Morgan fingerprint density at radius 1 is 1.37 bits per heavy atom. The Hall–Kier alpha value is -0.900. The summed E-state index contributed by atoms with van der Waals surface area (Å²) in [6.07, 6.45) is 3.79. The largest absolute Gasteiger partial charge is 0.375 e. The number of rotatable bonds is 3. The molecule has 3 nitrogen and oxygen atoms in total. The number of morpholine rings is 1. The number of fused-ring (bicyclic) bond motifs is 1. The normalized spacial score (nSPS) is 27.2. The maximum atomic E-state index is 12.4. The van der Waals surface area contributed by atoms with Crippen LogP contribution < -0.4 is 0 Å². The molecular formula is C15H18ClNO2. The first kappa shape index (κ1) is 13.1. The number of ether oxygens (including phenoxy) is 1. The third kappa shape index (κ3) is 2.69. The number of carbonyl (C=O) groups excluding carboxylic acids is 1. The highest BCUT2D eigenvalue weighted by atomic mass is 35.5. The zero-order valence-corrected chi connectivity index (χ0v) is 11.6. The van der Waals surface area contributed by atoms with Crippen LogP contribution >= 0.6 is 11.6 Å². The molecular weight excluding hydrogens is 262 g/mol. The fraction of sp³-hybridized carbons (Fsp3) is 0.533. The number of ketones is 1. The van der Waals surface area contributed by atoms with Crippen LogP contribution in [-0.2, 0) is 4.74 Å². The van der Waals surface area contributed by atoms with Crippen molar-refractivity contribution in [2.45, 2.75) is 31.4 Å². The fourth-order valence-corrected chi connectivity index (χ4v) is 3.40. The summed E-state index contributed by atoms with van der Waals surface area (Å²) in [6.45, 7) is 2.03. The second-order valence-corrected chi connectivity index (χ2v) is 5.69. The second kappa shape index (κ2) is 5.61. The number of Topliss-reactive ketones (excluding diaryl/α,β-unsaturated/α-hetero) is 1. The molecule has 2 aliphatic rings. The fourth-order valence-electron chi connectivity index (χ4n) is 3.16. The Morgan fingerprint density at radius 3 is 3.05 bits per heavy atom. The van der Waals surface area contributed by atoms with Gasteiger partial charge in [-0.15, -0.1) is 0 Å². The first-order valence-electron chi connectivity index (χ1n) is 6.89. The van der Waals surface area contributed by atoms with Crippen LogP contribution in [0, 0.1) is 0 Å². The number of halogens is 1. The summed E-state index contributed by atoms with van der Waals surface area (Å²) >= 11 is 6.08. The summed E-state index contributed by atoms with van der Waals surface area (Å²) in [7, 11) is 0. The molecule has 2 fully saturated rings. The lowest BCUT2D eigenvalue weighted by Crippen LogP contribution is -2.50. The van der Waals surface area contributed by atoms with Gasteiger partial charge in [-0.25, -0.2) is 0 Å². The van der Waals surface area contributed by atoms with Gasteiger partial charge < -0.3 is 4.74 Å². The number of hydrogen-bond donors (Lipinski definition) is 0. The summed E-state index contributed by atoms with van der Waals surface area (Å²) < 4.78 is 5.76. The average molecular weight is 280 g/mol. The van der Waals surface area contributed by atoms with E-state index >= 15 is 0 Å². The molecule has 1 aliphatic carbocycles. The zero-order chi connectivity index (χ0) is 13.2. The van der Waals surface area contributed by atoms with Gasteiger partial charge in [0.1, 0.15) is 0 Å². The number of benzene rings is 1. The van der Waals surface area contributed by atoms with Gasteiger partial charge in [0.05, 0.1) is 24.3 Å². The van der Waals surface area contributed by atoms with Gasteiger partial charge in [0.25, 0.3) is 0 Å². The van der Waals surface area contributed by atoms with E-state index < -0.39 is 0 Å². The van der Waals surface area contributed by atoms with Crippen LogP contribution in [0.4, 0.5) is 0 Å². The monoisotopic (exact) mass is 279 g/mol. The van der Waals surface area contributed by atoms with E-state index in [0.717, 1.165) is 26.0 Å². The van der Waals surface area contributed by atoms with Gasteiger partial charge >= 0.3 is 0 Å². The van der Waals surface area contributed by atoms with E-state index in [4.69, 9.17) is 16.3 Å². The molecule has 0 spiro atoms. The van der Waals surface area contributed by atoms with Crippen molar-refractivity contribution < 1.29 is 9.53 Å². The molecule has 2 unspecified atom stereocenters. The lowest BCUT2D eigenvalue weighted by atomic mass is 10.1. The summed E-state index contributed by atoms with van der Waals surface area (Å²) in [5, 5.41) is 0.545. The number of hydrogen-bond acceptors (Lipinski definition) is 3. The summed E-state index contributed by atoms with van der Waals surface area (Å²) in [5.74, 6) is 0.109. The minimum absolute atomic E-state index is 0.109. The van der Waals surface area contributed by atoms with E-state index in [-0.39, 0.29) is 5.78 Å². The van der Waals surface area contributed by atoms with Gasteiger partial charge in [0.15, 0.2) is 5.78 Å². The van der Waals surface area contributed by atoms with Crippen molar-refractivity contribution in [1.29, 1.82) is 0 Å². The van der Waals surface area contributed by atoms with Crippen molar-refractivity contribution in [1.82, 2.24) is 4.90 Å². The summed E-state index contributed by atoms with van der Waals surface area (Å²) in [6, 6.07) is 7.70. The number of nitrogens with zero attached hydrogens (tertiary/aromatic N) is 1. The number of carbonyl (C=O) groups is 1. The summed E-state index contributed by atoms with van der Waals surface area (Å²) in [4.78, 5) is 14.6. The quantitative estimate of drug-likeness (QED) is 0.797. The molecule has 0 aromatic heterocycles. The molecule has 3 rings (SSSR count). The van der Waals surface area contributed by atoms with Crippen molar-refractivity contribution in [3.05, 3.63) is 34.9 Å². The predicted octanol–water partition coefficient (Wildman–Crippen LogP) is 2.78. The smallest absolute Gasteiger partial charge is 0.178 e. The maximum absolute atomic E-state index is 12.4. The molecule has 1 aromatic carbocycles. The predicted molar refractivity (Wildman–Crippen MR) is 74.7 cm³/mol. The molecule has 4 heteroatoms. The first-order valence-corrected chi connectivity index (χ1v) is 7.27. The van der Waals surface area contributed by atoms with Crippen molar-refractivity contribution >= 4 is 17.4 Å². The first-order chi connectivity index (χ1) is 9.25. The lowest BCUT2D eigenvalue weighted by Gasteiger charge is -2.37. The van der Waals surface area contributed by atoms with Crippen LogP contribution in [0.3, 0.4) is 0 Å². The van der Waals surface area contributed by atoms with Crippen LogP contribution in [0.15, 0.2) is 24.3 Å². The van der Waals surface area contributed by atoms with Crippen molar-refractivity contribution in [2.24, 2.45) is 0 Å². The highest BCUT2D eigenvalue weighted by molar-refractivity contribution is 6.34. The van der Waals surface area contributed by atoms with Crippen molar-refractivity contribution in [2.75, 3.05) is 19.7 Å². The van der Waals surface area contributed by atoms with Gasteiger partial charge in [-0.1, -0.05) is 23.7 Å². The van der Waals surface area contributed by atoms with Crippen LogP contribution in [0.1, 0.15) is 29.6 Å². The van der Waals surface area contributed by atoms with Gasteiger partial charge in [-0.2, -0.15) is 0 Å². The molecule has 2 atom stereocenters. The lowest BCUT2D eigenvalue weighted by molar-refractivity contribution is -0.0522. The van der Waals surface area contributed by atoms with E-state index in [1.54, 1.807) is 12.1 Å². The van der Waals surface area contributed by atoms with Gasteiger partial charge in [0.2, 0.25) is 0 Å². The second-order valence-electron chi connectivity index (χ2n) is 5.28. The topological polar surface area (TPSA) is 29.5 Å². The Morgan fingerprint density at radius 2 is 2.21 bits per heavy atom. The van der Waals surface area contributed by atoms with Crippen LogP contribution in [0.2, 0.25) is 5.02 Å². The van der Waals surface area contributed by atoms with Gasteiger partial charge in [0, 0.05) is 18.2 Å². The molecule has 0 radical (unpaired) electrons. The molecule has 0 bridgehead atoms. The van der Waals surface area contributed by atoms with E-state index in [1.807, 2.05) is 12.1 Å². The molecule has 1 saturated carbocycles. The summed E-state index contributed by atoms with van der Waals surface area (Å²) in [5.41, 5.74) is 0.630. The highest BCUT2D eigenvalue weighted by Crippen LogP contribution is 2.30. The third-order valence-corrected chi connectivity index (χ3v) is 4.45. The highest BCUT2D eigenvalue weighted by Gasteiger charge is 2.36. The maximum Gasteiger partial charge on any atom is 0.178 e. The average Bonchev–Trinajstić information content (AvgIpc) is 2.88. The Labute approximate surface area is 118 Å². The minimum atomic E-state index is 0.109. The van der Waals surface area contributed by atoms with E-state index in [9.17, 15) is 4.79 Å². The van der Waals surface area contributed by atoms with Crippen LogP contribution in [0.25, 0.3) is 0 Å². The van der Waals surface area contributed by atoms with Crippen LogP contribution in [0.5, 0.6) is 0 Å². The molecule has 1 aliphatic heterocycles. The standard InChI is InChI=1S/C15H18ClNO2/c16-12-5-2-1-4-11(12)14(18)10-17-8-9-19-15-7-3-6-13(15)17/h1-2,4-5,13,15H,3,6-10H2. The van der Waals surface area contributed by atoms with E-state index in [0.29, 0.717) is 29.3 Å². The Kier molecular flexibility index (Phi) is 3.87. The zero-order valence-electron chi connectivity index (χ0n) is 10.8. The van der Waals surface area contributed by atoms with Crippen LogP contribution in [-0.4, -0.2) is 42.5 Å². The molecule has 1 heterocycles. The van der Waals surface area contributed by atoms with Crippen molar-refractivity contribution in [3.63, 3.8) is 0 Å². The van der Waals surface area contributed by atoms with Crippen molar-refractivity contribution in [3.8, 4) is 0 Å². The molecule has 1 aromatic rings. The van der Waals surface area contributed by atoms with Gasteiger partial charge in [-0.3, -0.25) is 9.69 Å². The van der Waals surface area contributed by atoms with E-state index in [1.165, 1.54) is 6.42 Å². The Bertz CT molecular complexity index is 477. The molecule has 19 heavy (non-hydrogen) atoms. The van der Waals surface area contributed by atoms with E-state index in [2.05, 4.69) is 4.90 Å². The molecule has 1 saturated heterocycles. The molecule has 0 N–H and O–H groups in total. The molecule has 102 valence electrons. The minimum Gasteiger partial charge on any atom is -0.375 e. The van der Waals surface area contributed by atoms with Gasteiger partial charge in [-0.05, 0) is 31.4 Å². The molecule has 0 amide bonds. The SMILES string of the molecule is O=C(CN1CCOC2CCCC21)c1ccccc1Cl. The third-order valence-electron chi connectivity index (χ3n) is 4.12. The Balaban J connectivity index is 1.71.